The van der Waals surface area contributed by atoms with Gasteiger partial charge in [-0.25, -0.2) is 0 Å². The van der Waals surface area contributed by atoms with Crippen LogP contribution in [0.3, 0.4) is 0 Å². The first-order valence-corrected chi connectivity index (χ1v) is 6.80. The lowest BCUT2D eigenvalue weighted by atomic mass is 9.93. The van der Waals surface area contributed by atoms with Crippen LogP contribution in [-0.2, 0) is 6.18 Å². The lowest BCUT2D eigenvalue weighted by Gasteiger charge is -2.43. The monoisotopic (exact) mass is 335 g/mol. The third kappa shape index (κ3) is 3.47. The summed E-state index contributed by atoms with van der Waals surface area (Å²) in [6, 6.07) is 2.46. The van der Waals surface area contributed by atoms with Crippen LogP contribution in [0.4, 0.5) is 13.2 Å². The van der Waals surface area contributed by atoms with Crippen molar-refractivity contribution in [1.82, 2.24) is 4.90 Å². The quantitative estimate of drug-likeness (QED) is 0.589. The van der Waals surface area contributed by atoms with Crippen molar-refractivity contribution in [2.75, 3.05) is 13.2 Å². The minimum atomic E-state index is -4.62. The SMILES string of the molecule is O=C(c1cccc(C(F)(F)F)c1)N1C[C@H](O)[C@@H](O)[C@H](O)[C@H]1CO. The molecule has 0 radical (unpaired) electrons. The van der Waals surface area contributed by atoms with Crippen molar-refractivity contribution in [1.29, 1.82) is 0 Å². The van der Waals surface area contributed by atoms with Gasteiger partial charge in [-0.2, -0.15) is 13.2 Å². The Kier molecular flexibility index (Phi) is 4.95. The molecule has 128 valence electrons. The van der Waals surface area contributed by atoms with Gasteiger partial charge >= 0.3 is 6.18 Å². The molecule has 4 N–H and O–H groups in total. The number of rotatable bonds is 2. The Hall–Kier alpha value is -1.68. The van der Waals surface area contributed by atoms with Gasteiger partial charge < -0.3 is 25.3 Å². The summed E-state index contributed by atoms with van der Waals surface area (Å²) in [6.07, 6.45) is -9.26. The first-order valence-electron chi connectivity index (χ1n) is 6.80. The molecular formula is C14H16F3NO5. The van der Waals surface area contributed by atoms with Crippen LogP contribution in [-0.4, -0.2) is 68.7 Å². The van der Waals surface area contributed by atoms with Crippen LogP contribution in [0.2, 0.25) is 0 Å². The smallest absolute Gasteiger partial charge is 0.394 e. The Labute approximate surface area is 129 Å². The minimum absolute atomic E-state index is 0.297. The zero-order chi connectivity index (χ0) is 17.4. The molecule has 1 saturated heterocycles. The van der Waals surface area contributed by atoms with Crippen molar-refractivity contribution in [3.63, 3.8) is 0 Å². The number of aliphatic hydroxyl groups excluding tert-OH is 4. The highest BCUT2D eigenvalue weighted by Gasteiger charge is 2.43. The van der Waals surface area contributed by atoms with E-state index in [0.717, 1.165) is 23.1 Å². The second kappa shape index (κ2) is 6.44. The third-order valence-electron chi connectivity index (χ3n) is 3.81. The average Bonchev–Trinajstić information content (AvgIpc) is 2.51. The van der Waals surface area contributed by atoms with Gasteiger partial charge in [-0.15, -0.1) is 0 Å². The molecule has 2 rings (SSSR count). The lowest BCUT2D eigenvalue weighted by Crippen LogP contribution is -2.63. The summed E-state index contributed by atoms with van der Waals surface area (Å²) in [5, 5.41) is 38.3. The van der Waals surface area contributed by atoms with E-state index in [1.165, 1.54) is 0 Å². The fraction of sp³-hybridized carbons (Fsp3) is 0.500. The molecule has 0 aliphatic carbocycles. The zero-order valence-corrected chi connectivity index (χ0v) is 11.8. The molecule has 1 fully saturated rings. The first-order chi connectivity index (χ1) is 10.7. The molecule has 9 heteroatoms. The molecule has 1 aliphatic heterocycles. The molecule has 0 bridgehead atoms. The second-order valence-corrected chi connectivity index (χ2v) is 5.33. The summed E-state index contributed by atoms with van der Waals surface area (Å²) < 4.78 is 38.1. The molecule has 1 aromatic carbocycles. The highest BCUT2D eigenvalue weighted by atomic mass is 19.4. The lowest BCUT2D eigenvalue weighted by molar-refractivity contribution is -0.137. The maximum Gasteiger partial charge on any atom is 0.416 e. The van der Waals surface area contributed by atoms with E-state index in [9.17, 15) is 38.4 Å². The van der Waals surface area contributed by atoms with Gasteiger partial charge in [0.25, 0.3) is 5.91 Å². The molecule has 1 aliphatic rings. The molecule has 0 saturated carbocycles. The molecule has 0 unspecified atom stereocenters. The van der Waals surface area contributed by atoms with Crippen LogP contribution in [0.25, 0.3) is 0 Å². The number of benzene rings is 1. The third-order valence-corrected chi connectivity index (χ3v) is 3.81. The van der Waals surface area contributed by atoms with Gasteiger partial charge in [0.1, 0.15) is 18.3 Å². The Bertz CT molecular complexity index is 580. The maximum atomic E-state index is 12.7. The summed E-state index contributed by atoms with van der Waals surface area (Å²) >= 11 is 0. The fourth-order valence-corrected chi connectivity index (χ4v) is 2.52. The van der Waals surface area contributed by atoms with Crippen LogP contribution >= 0.6 is 0 Å². The molecule has 0 aromatic heterocycles. The zero-order valence-electron chi connectivity index (χ0n) is 11.8. The molecule has 1 aromatic rings. The Morgan fingerprint density at radius 1 is 1.22 bits per heavy atom. The van der Waals surface area contributed by atoms with Crippen LogP contribution in [0.15, 0.2) is 24.3 Å². The molecule has 23 heavy (non-hydrogen) atoms. The highest BCUT2D eigenvalue weighted by molar-refractivity contribution is 5.94. The summed E-state index contributed by atoms with van der Waals surface area (Å²) in [4.78, 5) is 13.2. The van der Waals surface area contributed by atoms with Gasteiger partial charge in [0.15, 0.2) is 0 Å². The summed E-state index contributed by atoms with van der Waals surface area (Å²) in [5.41, 5.74) is -1.31. The normalized spacial score (nSPS) is 28.7. The van der Waals surface area contributed by atoms with E-state index in [0.29, 0.717) is 6.07 Å². The van der Waals surface area contributed by atoms with Crippen LogP contribution in [0.1, 0.15) is 15.9 Å². The molecule has 1 heterocycles. The summed E-state index contributed by atoms with van der Waals surface area (Å²) in [6.45, 7) is -1.13. The Morgan fingerprint density at radius 2 is 1.87 bits per heavy atom. The molecule has 1 amide bonds. The summed E-state index contributed by atoms with van der Waals surface area (Å²) in [5.74, 6) is -0.889. The molecule has 6 nitrogen and oxygen atoms in total. The number of alkyl halides is 3. The topological polar surface area (TPSA) is 101 Å². The van der Waals surface area contributed by atoms with Crippen molar-refractivity contribution in [2.45, 2.75) is 30.5 Å². The van der Waals surface area contributed by atoms with Gasteiger partial charge in [-0.3, -0.25) is 4.79 Å². The van der Waals surface area contributed by atoms with E-state index in [1.807, 2.05) is 0 Å². The number of nitrogens with zero attached hydrogens (tertiary/aromatic N) is 1. The van der Waals surface area contributed by atoms with E-state index in [-0.39, 0.29) is 5.56 Å². The van der Waals surface area contributed by atoms with Crippen molar-refractivity contribution < 1.29 is 38.4 Å². The van der Waals surface area contributed by atoms with Crippen molar-refractivity contribution in [2.24, 2.45) is 0 Å². The Balaban J connectivity index is 2.32. The first kappa shape index (κ1) is 17.7. The number of carbonyl (C=O) groups excluding carboxylic acids is 1. The standard InChI is InChI=1S/C14H16F3NO5/c15-14(16,17)8-3-1-2-7(4-8)13(23)18-5-10(20)12(22)11(21)9(18)6-19/h1-4,9-12,19-22H,5-6H2/t9-,10+,11-,12-/m1/s1. The number of piperidine rings is 1. The second-order valence-electron chi connectivity index (χ2n) is 5.33. The van der Waals surface area contributed by atoms with Crippen molar-refractivity contribution in [3.8, 4) is 0 Å². The maximum absolute atomic E-state index is 12.7. The number of β-amino-alcohol motifs (C(OH)–C–C–N with tert-alkyl or cyclic N) is 1. The van der Waals surface area contributed by atoms with Crippen molar-refractivity contribution in [3.05, 3.63) is 35.4 Å². The predicted molar refractivity (Wildman–Crippen MR) is 71.4 cm³/mol. The van der Waals surface area contributed by atoms with Gasteiger partial charge in [0.2, 0.25) is 0 Å². The number of aliphatic hydroxyl groups is 4. The Morgan fingerprint density at radius 3 is 2.43 bits per heavy atom. The highest BCUT2D eigenvalue weighted by Crippen LogP contribution is 2.30. The van der Waals surface area contributed by atoms with Gasteiger partial charge in [0.05, 0.1) is 24.8 Å². The fourth-order valence-electron chi connectivity index (χ4n) is 2.52. The van der Waals surface area contributed by atoms with E-state index in [1.54, 1.807) is 0 Å². The van der Waals surface area contributed by atoms with Gasteiger partial charge in [-0.1, -0.05) is 6.07 Å². The van der Waals surface area contributed by atoms with Gasteiger partial charge in [-0.05, 0) is 18.2 Å². The average molecular weight is 335 g/mol. The number of likely N-dealkylation sites (tertiary alicyclic amines) is 1. The van der Waals surface area contributed by atoms with Gasteiger partial charge in [0, 0.05) is 5.56 Å². The number of hydrogen-bond donors (Lipinski definition) is 4. The van der Waals surface area contributed by atoms with E-state index < -0.39 is 55.2 Å². The number of hydrogen-bond acceptors (Lipinski definition) is 5. The number of amides is 1. The van der Waals surface area contributed by atoms with Crippen LogP contribution < -0.4 is 0 Å². The predicted octanol–water partition coefficient (Wildman–Crippen LogP) is -0.395. The molecule has 0 spiro atoms. The van der Waals surface area contributed by atoms with Crippen LogP contribution in [0.5, 0.6) is 0 Å². The number of halogens is 3. The largest absolute Gasteiger partial charge is 0.416 e. The van der Waals surface area contributed by atoms with E-state index >= 15 is 0 Å². The molecular weight excluding hydrogens is 319 g/mol. The minimum Gasteiger partial charge on any atom is -0.394 e. The molecule has 4 atom stereocenters. The van der Waals surface area contributed by atoms with Crippen molar-refractivity contribution >= 4 is 5.91 Å². The van der Waals surface area contributed by atoms with Crippen LogP contribution in [0, 0.1) is 0 Å². The number of carbonyl (C=O) groups is 1. The van der Waals surface area contributed by atoms with E-state index in [4.69, 9.17) is 0 Å². The van der Waals surface area contributed by atoms with E-state index in [2.05, 4.69) is 0 Å². The summed E-state index contributed by atoms with van der Waals surface area (Å²) in [7, 11) is 0.